The molecular formula is C58H57BrF2N6O6. The maximum absolute atomic E-state index is 15.1. The number of aryl methyl sites for hydroxylation is 2. The third-order valence-electron chi connectivity index (χ3n) is 13.3. The van der Waals surface area contributed by atoms with Gasteiger partial charge in [0.15, 0.2) is 0 Å². The number of benzene rings is 6. The molecule has 0 aliphatic carbocycles. The summed E-state index contributed by atoms with van der Waals surface area (Å²) in [4.78, 5) is 53.9. The van der Waals surface area contributed by atoms with Gasteiger partial charge in [-0.05, 0) is 71.5 Å². The summed E-state index contributed by atoms with van der Waals surface area (Å²) in [6.45, 7) is 11.3. The first-order chi connectivity index (χ1) is 35.4. The molecular weight excluding hydrogens is 995 g/mol. The van der Waals surface area contributed by atoms with E-state index < -0.39 is 34.4 Å². The minimum absolute atomic E-state index is 0.0931. The normalized spacial score (nSPS) is 13.8. The Morgan fingerprint density at radius 3 is 1.34 bits per heavy atom. The molecule has 0 amide bonds. The van der Waals surface area contributed by atoms with Gasteiger partial charge in [0, 0.05) is 100 Å². The van der Waals surface area contributed by atoms with Crippen LogP contribution in [-0.4, -0.2) is 88.5 Å². The van der Waals surface area contributed by atoms with Crippen molar-refractivity contribution in [1.29, 1.82) is 0 Å². The molecule has 0 unspecified atom stereocenters. The highest BCUT2D eigenvalue weighted by molar-refractivity contribution is 9.08. The number of carbonyl (C=O) groups is 2. The van der Waals surface area contributed by atoms with Crippen LogP contribution < -0.4 is 26.0 Å². The van der Waals surface area contributed by atoms with Crippen molar-refractivity contribution in [2.24, 2.45) is 0 Å². The highest BCUT2D eigenvalue weighted by atomic mass is 79.9. The average Bonchev–Trinajstić information content (AvgIpc) is 3.42. The number of carboxylic acids is 2. The minimum atomic E-state index is -1.31. The Balaban J connectivity index is 0.000000163. The van der Waals surface area contributed by atoms with Crippen LogP contribution in [0.1, 0.15) is 45.7 Å². The van der Waals surface area contributed by atoms with E-state index in [1.165, 1.54) is 51.8 Å². The lowest BCUT2D eigenvalue weighted by atomic mass is 10.0. The van der Waals surface area contributed by atoms with Crippen molar-refractivity contribution in [2.45, 2.75) is 38.8 Å². The second kappa shape index (κ2) is 23.8. The van der Waals surface area contributed by atoms with E-state index in [1.54, 1.807) is 21.3 Å². The van der Waals surface area contributed by atoms with Crippen LogP contribution in [0.4, 0.5) is 20.2 Å². The molecule has 0 bridgehead atoms. The number of halogens is 3. The van der Waals surface area contributed by atoms with E-state index in [0.717, 1.165) is 44.1 Å². The highest BCUT2D eigenvalue weighted by Crippen LogP contribution is 2.29. The number of aromatic nitrogens is 2. The number of pyridine rings is 2. The number of alkyl halides is 1. The van der Waals surface area contributed by atoms with Crippen LogP contribution in [0.5, 0.6) is 0 Å². The summed E-state index contributed by atoms with van der Waals surface area (Å²) in [5.74, 6) is -3.61. The summed E-state index contributed by atoms with van der Waals surface area (Å²) in [5.41, 5.74) is 7.48. The summed E-state index contributed by atoms with van der Waals surface area (Å²) in [7, 11) is 0. The Morgan fingerprint density at radius 1 is 0.548 bits per heavy atom. The Morgan fingerprint density at radius 2 is 0.945 bits per heavy atom. The number of hydrogen-bond donors (Lipinski definition) is 3. The lowest BCUT2D eigenvalue weighted by molar-refractivity contribution is 0.0684. The van der Waals surface area contributed by atoms with Crippen molar-refractivity contribution in [1.82, 2.24) is 19.4 Å². The van der Waals surface area contributed by atoms with Crippen molar-refractivity contribution >= 4 is 61.0 Å². The van der Waals surface area contributed by atoms with E-state index in [2.05, 4.69) is 111 Å². The third kappa shape index (κ3) is 12.1. The van der Waals surface area contributed by atoms with Gasteiger partial charge in [-0.2, -0.15) is 0 Å². The topological polar surface area (TPSA) is 140 Å². The number of piperazine rings is 2. The first-order valence-corrected chi connectivity index (χ1v) is 25.5. The Labute approximate surface area is 430 Å². The van der Waals surface area contributed by atoms with Crippen LogP contribution in [0.2, 0.25) is 0 Å². The first-order valence-electron chi connectivity index (χ1n) is 24.3. The van der Waals surface area contributed by atoms with Crippen molar-refractivity contribution in [2.75, 3.05) is 62.2 Å². The molecule has 8 aromatic rings. The Bertz CT molecular complexity index is 3340. The van der Waals surface area contributed by atoms with Gasteiger partial charge in [0.1, 0.15) is 22.8 Å². The number of aromatic carboxylic acids is 2. The second-order valence-corrected chi connectivity index (χ2v) is 18.4. The summed E-state index contributed by atoms with van der Waals surface area (Å²) >= 11 is 3.44. The predicted molar refractivity (Wildman–Crippen MR) is 291 cm³/mol. The van der Waals surface area contributed by atoms with Crippen molar-refractivity contribution < 1.29 is 28.6 Å². The quantitative estimate of drug-likeness (QED) is 0.107. The summed E-state index contributed by atoms with van der Waals surface area (Å²) in [5, 5.41) is 22.8. The van der Waals surface area contributed by atoms with Gasteiger partial charge in [-0.25, -0.2) is 18.4 Å². The summed E-state index contributed by atoms with van der Waals surface area (Å²) in [6, 6.07) is 43.6. The number of hydrogen-bond acceptors (Lipinski definition) is 8. The van der Waals surface area contributed by atoms with Crippen LogP contribution in [-0.2, 0) is 25.0 Å². The Kier molecular flexibility index (Phi) is 16.9. The number of carboxylic acid groups (broad SMARTS) is 2. The predicted octanol–water partition coefficient (Wildman–Crippen LogP) is 10.4. The fourth-order valence-electron chi connectivity index (χ4n) is 9.27. The summed E-state index contributed by atoms with van der Waals surface area (Å²) < 4.78 is 33.0. The molecule has 0 atom stereocenters. The van der Waals surface area contributed by atoms with Gasteiger partial charge in [-0.3, -0.25) is 14.5 Å². The van der Waals surface area contributed by atoms with Gasteiger partial charge in [-0.1, -0.05) is 125 Å². The van der Waals surface area contributed by atoms with Gasteiger partial charge < -0.3 is 34.5 Å². The Hall–Kier alpha value is -7.46. The van der Waals surface area contributed by atoms with Gasteiger partial charge >= 0.3 is 11.9 Å². The van der Waals surface area contributed by atoms with Crippen LogP contribution in [0, 0.1) is 11.6 Å². The molecule has 4 heterocycles. The van der Waals surface area contributed by atoms with Crippen molar-refractivity contribution in [3.63, 3.8) is 0 Å². The number of anilines is 2. The molecule has 0 radical (unpaired) electrons. The molecule has 15 heteroatoms. The monoisotopic (exact) mass is 1050 g/mol. The molecule has 2 saturated heterocycles. The maximum Gasteiger partial charge on any atom is 0.341 e. The molecule has 2 aliphatic heterocycles. The van der Waals surface area contributed by atoms with Gasteiger partial charge in [0.05, 0.1) is 22.4 Å². The van der Waals surface area contributed by atoms with E-state index in [9.17, 15) is 28.7 Å². The van der Waals surface area contributed by atoms with Crippen LogP contribution in [0.3, 0.4) is 0 Å². The zero-order chi connectivity index (χ0) is 51.6. The number of nitrogens with one attached hydrogen (secondary N) is 1. The fraction of sp³-hybridized carbons (Fsp3) is 0.241. The van der Waals surface area contributed by atoms with Crippen LogP contribution >= 0.6 is 15.9 Å². The molecule has 73 heavy (non-hydrogen) atoms. The van der Waals surface area contributed by atoms with Crippen LogP contribution in [0.15, 0.2) is 155 Å². The van der Waals surface area contributed by atoms with E-state index in [4.69, 9.17) is 5.11 Å². The molecule has 10 rings (SSSR count). The molecule has 0 spiro atoms. The van der Waals surface area contributed by atoms with Crippen LogP contribution in [0.25, 0.3) is 44.1 Å². The number of rotatable bonds is 11. The third-order valence-corrected chi connectivity index (χ3v) is 13.9. The lowest BCUT2D eigenvalue weighted by Gasteiger charge is -2.36. The largest absolute Gasteiger partial charge is 0.477 e. The lowest BCUT2D eigenvalue weighted by Crippen LogP contribution is -2.46. The van der Waals surface area contributed by atoms with E-state index in [-0.39, 0.29) is 21.9 Å². The SMILES string of the molecule is BrCc1ccc(-c2ccccc2)cc1.CCn1cc(C(=O)O)c(=O)c2cc(F)c(N3CCN(Cc4ccc(-c5ccccc5)cc4)CC3)cc21.CCn1cc(C(=O)O)c(=O)c2cc(F)c(N3CCNCC3)cc21. The van der Waals surface area contributed by atoms with Crippen molar-refractivity contribution in [3.05, 3.63) is 200 Å². The molecule has 2 fully saturated rings. The van der Waals surface area contributed by atoms with E-state index in [0.29, 0.717) is 61.7 Å². The van der Waals surface area contributed by atoms with Gasteiger partial charge in [0.2, 0.25) is 10.9 Å². The van der Waals surface area contributed by atoms with Crippen molar-refractivity contribution in [3.8, 4) is 22.3 Å². The maximum atomic E-state index is 15.1. The molecule has 2 aromatic heterocycles. The number of nitrogens with zero attached hydrogens (tertiary/aromatic N) is 5. The number of fused-ring (bicyclic) bond motifs is 2. The molecule has 2 aliphatic rings. The van der Waals surface area contributed by atoms with Gasteiger partial charge in [0.25, 0.3) is 0 Å². The summed E-state index contributed by atoms with van der Waals surface area (Å²) in [6.07, 6.45) is 2.67. The van der Waals surface area contributed by atoms with E-state index >= 15 is 4.39 Å². The second-order valence-electron chi connectivity index (χ2n) is 17.8. The molecule has 0 saturated carbocycles. The zero-order valence-corrected chi connectivity index (χ0v) is 42.3. The first kappa shape index (κ1) is 51.9. The molecule has 12 nitrogen and oxygen atoms in total. The average molecular weight is 1050 g/mol. The highest BCUT2D eigenvalue weighted by Gasteiger charge is 2.24. The fourth-order valence-corrected chi connectivity index (χ4v) is 9.65. The minimum Gasteiger partial charge on any atom is -0.477 e. The standard InChI is InChI=1S/C29H28FN3O3.C16H18FN3O3.C13H11Br/c1-2-32-19-24(29(35)36)28(34)23-16-25(30)27(17-26(23)32)33-14-12-31(13-15-33)18-20-8-10-22(11-9-20)21-6-4-3-5-7-21;1-2-19-9-11(16(22)23)15(21)10-7-12(17)14(8-13(10)19)20-5-3-18-4-6-20;14-10-11-6-8-13(9-7-11)12-4-2-1-3-5-12/h3-11,16-17,19H,2,12-15,18H2,1H3,(H,35,36);7-9,18H,2-6H2,1H3,(H,22,23);1-9H,10H2. The van der Waals surface area contributed by atoms with Gasteiger partial charge in [-0.15, -0.1) is 0 Å². The molecule has 376 valence electrons. The smallest absolute Gasteiger partial charge is 0.341 e. The molecule has 3 N–H and O–H groups in total. The molecule has 6 aromatic carbocycles. The van der Waals surface area contributed by atoms with E-state index in [1.807, 2.05) is 47.9 Å². The zero-order valence-electron chi connectivity index (χ0n) is 40.7.